The lowest BCUT2D eigenvalue weighted by Gasteiger charge is -2.43. The fourth-order valence-corrected chi connectivity index (χ4v) is 5.64. The van der Waals surface area contributed by atoms with Gasteiger partial charge < -0.3 is 9.64 Å². The normalized spacial score (nSPS) is 23.8. The van der Waals surface area contributed by atoms with Crippen molar-refractivity contribution >= 4 is 16.7 Å². The number of ether oxygens (including phenoxy) is 1. The molecule has 188 valence electrons. The number of piperazine rings is 1. The first-order valence-electron chi connectivity index (χ1n) is 12.7. The highest BCUT2D eigenvalue weighted by molar-refractivity contribution is 5.94. The molecule has 5 rings (SSSR count). The minimum atomic E-state index is -1.14. The molecule has 0 unspecified atom stereocenters. The molecule has 2 aromatic heterocycles. The van der Waals surface area contributed by atoms with Gasteiger partial charge >= 0.3 is 0 Å². The van der Waals surface area contributed by atoms with Crippen molar-refractivity contribution in [3.63, 3.8) is 0 Å². The van der Waals surface area contributed by atoms with Crippen LogP contribution in [0.25, 0.3) is 22.2 Å². The van der Waals surface area contributed by atoms with E-state index in [1.54, 1.807) is 6.07 Å². The van der Waals surface area contributed by atoms with Crippen LogP contribution in [0.15, 0.2) is 18.2 Å². The maximum Gasteiger partial charge on any atom is 0.199 e. The zero-order chi connectivity index (χ0) is 24.7. The van der Waals surface area contributed by atoms with E-state index in [2.05, 4.69) is 33.0 Å². The maximum atomic E-state index is 15.2. The summed E-state index contributed by atoms with van der Waals surface area (Å²) < 4.78 is 34.0. The van der Waals surface area contributed by atoms with Gasteiger partial charge in [0.15, 0.2) is 6.36 Å². The number of hydrogen-bond donors (Lipinski definition) is 1. The Morgan fingerprint density at radius 3 is 2.71 bits per heavy atom. The predicted molar refractivity (Wildman–Crippen MR) is 135 cm³/mol. The van der Waals surface area contributed by atoms with Gasteiger partial charge in [0, 0.05) is 55.3 Å². The molecule has 4 heterocycles. The number of hydrogen-bond acceptors (Lipinski definition) is 5. The first kappa shape index (κ1) is 24.1. The Morgan fingerprint density at radius 1 is 1.20 bits per heavy atom. The summed E-state index contributed by atoms with van der Waals surface area (Å²) >= 11 is 0. The molecular weight excluding hydrogens is 448 g/mol. The van der Waals surface area contributed by atoms with E-state index in [0.29, 0.717) is 24.5 Å². The van der Waals surface area contributed by atoms with Crippen molar-refractivity contribution in [2.24, 2.45) is 5.92 Å². The summed E-state index contributed by atoms with van der Waals surface area (Å²) in [6, 6.07) is 5.86. The first-order valence-corrected chi connectivity index (χ1v) is 12.7. The highest BCUT2D eigenvalue weighted by Crippen LogP contribution is 2.38. The molecule has 0 aliphatic carbocycles. The van der Waals surface area contributed by atoms with E-state index in [9.17, 15) is 4.39 Å². The topological polar surface area (TPSA) is 57.3 Å². The van der Waals surface area contributed by atoms with Gasteiger partial charge in [0.25, 0.3) is 0 Å². The second kappa shape index (κ2) is 9.82. The first-order chi connectivity index (χ1) is 16.8. The van der Waals surface area contributed by atoms with Crippen molar-refractivity contribution in [3.8, 4) is 11.3 Å². The number of aromatic amines is 1. The Kier molecular flexibility index (Phi) is 6.77. The standard InChI is InChI=1S/C27H35F2N5O/c1-5-19-11-21-18(4)25(23-10-16(2)31-32-23)27(30-26(21)22(28)12-19)34-8-7-33(14-17(34)3)15-20-6-9-35-24(29)13-20/h10-12,17,20,24H,5-9,13-15H2,1-4H3,(H,31,32)/t17-,20-,24+/m1/s1. The summed E-state index contributed by atoms with van der Waals surface area (Å²) in [5, 5.41) is 8.45. The van der Waals surface area contributed by atoms with Gasteiger partial charge in [-0.15, -0.1) is 0 Å². The number of anilines is 1. The van der Waals surface area contributed by atoms with Crippen LogP contribution in [0.5, 0.6) is 0 Å². The lowest BCUT2D eigenvalue weighted by atomic mass is 9.96. The van der Waals surface area contributed by atoms with Gasteiger partial charge in [-0.1, -0.05) is 6.92 Å². The van der Waals surface area contributed by atoms with Crippen LogP contribution in [-0.2, 0) is 11.2 Å². The monoisotopic (exact) mass is 483 g/mol. The molecule has 0 radical (unpaired) electrons. The smallest absolute Gasteiger partial charge is 0.199 e. The maximum absolute atomic E-state index is 15.2. The van der Waals surface area contributed by atoms with Crippen molar-refractivity contribution in [2.75, 3.05) is 37.7 Å². The fourth-order valence-electron chi connectivity index (χ4n) is 5.64. The number of halogens is 2. The molecule has 1 aromatic carbocycles. The number of aryl methyl sites for hydroxylation is 3. The molecule has 0 saturated carbocycles. The molecule has 0 bridgehead atoms. The number of nitrogens with zero attached hydrogens (tertiary/aromatic N) is 4. The Bertz CT molecular complexity index is 1210. The van der Waals surface area contributed by atoms with Crippen molar-refractivity contribution < 1.29 is 13.5 Å². The Labute approximate surface area is 205 Å². The number of fused-ring (bicyclic) bond motifs is 1. The van der Waals surface area contributed by atoms with Gasteiger partial charge in [-0.3, -0.25) is 10.00 Å². The third kappa shape index (κ3) is 4.78. The highest BCUT2D eigenvalue weighted by atomic mass is 19.1. The zero-order valence-corrected chi connectivity index (χ0v) is 21.1. The van der Waals surface area contributed by atoms with Gasteiger partial charge in [-0.25, -0.2) is 13.8 Å². The summed E-state index contributed by atoms with van der Waals surface area (Å²) in [4.78, 5) is 9.64. The average Bonchev–Trinajstić information content (AvgIpc) is 3.25. The van der Waals surface area contributed by atoms with Crippen LogP contribution in [0.3, 0.4) is 0 Å². The number of nitrogens with one attached hydrogen (secondary N) is 1. The largest absolute Gasteiger partial charge is 0.351 e. The van der Waals surface area contributed by atoms with Crippen molar-refractivity contribution in [1.29, 1.82) is 0 Å². The van der Waals surface area contributed by atoms with Gasteiger partial charge in [0.05, 0.1) is 12.3 Å². The van der Waals surface area contributed by atoms with Crippen LogP contribution in [0.4, 0.5) is 14.6 Å². The molecule has 2 fully saturated rings. The number of benzene rings is 1. The quantitative estimate of drug-likeness (QED) is 0.542. The molecule has 8 heteroatoms. The van der Waals surface area contributed by atoms with Gasteiger partial charge in [-0.2, -0.15) is 5.10 Å². The fraction of sp³-hybridized carbons (Fsp3) is 0.556. The highest BCUT2D eigenvalue weighted by Gasteiger charge is 2.31. The van der Waals surface area contributed by atoms with E-state index in [0.717, 1.165) is 78.3 Å². The van der Waals surface area contributed by atoms with Crippen LogP contribution in [-0.4, -0.2) is 65.3 Å². The molecule has 3 aromatic rings. The second-order valence-corrected chi connectivity index (χ2v) is 10.2. The number of pyridine rings is 1. The molecule has 6 nitrogen and oxygen atoms in total. The van der Waals surface area contributed by atoms with E-state index >= 15 is 4.39 Å². The molecule has 0 spiro atoms. The summed E-state index contributed by atoms with van der Waals surface area (Å²) in [6.07, 6.45) is 1.00. The van der Waals surface area contributed by atoms with Gasteiger partial charge in [-0.05, 0) is 68.9 Å². The second-order valence-electron chi connectivity index (χ2n) is 10.2. The number of aromatic nitrogens is 3. The molecule has 1 N–H and O–H groups in total. The van der Waals surface area contributed by atoms with Crippen LogP contribution < -0.4 is 4.90 Å². The molecule has 0 amide bonds. The van der Waals surface area contributed by atoms with E-state index in [1.807, 2.05) is 26.8 Å². The Balaban J connectivity index is 1.50. The molecule has 2 saturated heterocycles. The molecule has 2 aliphatic rings. The minimum Gasteiger partial charge on any atom is -0.351 e. The van der Waals surface area contributed by atoms with Crippen LogP contribution in [0.1, 0.15) is 43.5 Å². The summed E-state index contributed by atoms with van der Waals surface area (Å²) in [7, 11) is 0. The third-order valence-corrected chi connectivity index (χ3v) is 7.56. The number of H-pyrrole nitrogens is 1. The van der Waals surface area contributed by atoms with Crippen LogP contribution in [0, 0.1) is 25.6 Å². The number of alkyl halides is 1. The average molecular weight is 484 g/mol. The van der Waals surface area contributed by atoms with Crippen molar-refractivity contribution in [3.05, 3.63) is 40.8 Å². The molecule has 3 atom stereocenters. The van der Waals surface area contributed by atoms with Gasteiger partial charge in [0.2, 0.25) is 0 Å². The third-order valence-electron chi connectivity index (χ3n) is 7.56. The van der Waals surface area contributed by atoms with Crippen molar-refractivity contribution in [2.45, 2.75) is 59.4 Å². The van der Waals surface area contributed by atoms with E-state index < -0.39 is 6.36 Å². The summed E-state index contributed by atoms with van der Waals surface area (Å²) in [6.45, 7) is 12.1. The molecule has 2 aliphatic heterocycles. The van der Waals surface area contributed by atoms with Gasteiger partial charge in [0.1, 0.15) is 17.2 Å². The van der Waals surface area contributed by atoms with Crippen LogP contribution in [0.2, 0.25) is 0 Å². The van der Waals surface area contributed by atoms with E-state index in [-0.39, 0.29) is 11.9 Å². The Hall–Kier alpha value is -2.58. The summed E-state index contributed by atoms with van der Waals surface area (Å²) in [5.74, 6) is 0.828. The molecular formula is C27H35F2N5O. The Morgan fingerprint density at radius 2 is 2.03 bits per heavy atom. The van der Waals surface area contributed by atoms with Crippen LogP contribution >= 0.6 is 0 Å². The molecule has 35 heavy (non-hydrogen) atoms. The van der Waals surface area contributed by atoms with Crippen molar-refractivity contribution in [1.82, 2.24) is 20.1 Å². The van der Waals surface area contributed by atoms with E-state index in [4.69, 9.17) is 9.72 Å². The SMILES string of the molecule is CCc1cc(F)c2nc(N3CCN(C[C@@H]4CCO[C@H](F)C4)C[C@H]3C)c(-c3cc(C)[nH]n3)c(C)c2c1. The van der Waals surface area contributed by atoms with E-state index in [1.165, 1.54) is 0 Å². The predicted octanol–water partition coefficient (Wildman–Crippen LogP) is 5.18. The summed E-state index contributed by atoms with van der Waals surface area (Å²) in [5.41, 5.74) is 5.13. The lowest BCUT2D eigenvalue weighted by molar-refractivity contribution is -0.0904. The number of rotatable bonds is 5. The minimum absolute atomic E-state index is 0.172. The zero-order valence-electron chi connectivity index (χ0n) is 21.1. The lowest BCUT2D eigenvalue weighted by Crippen LogP contribution is -2.53.